The smallest absolute Gasteiger partial charge is 0.307 e. The van der Waals surface area contributed by atoms with E-state index in [1.54, 1.807) is 12.1 Å². The van der Waals surface area contributed by atoms with Gasteiger partial charge in [-0.05, 0) is 23.6 Å². The van der Waals surface area contributed by atoms with Gasteiger partial charge in [0.25, 0.3) is 0 Å². The molecule has 0 amide bonds. The number of hydrogen-bond acceptors (Lipinski definition) is 3. The minimum Gasteiger partial charge on any atom is -0.496 e. The van der Waals surface area contributed by atoms with Crippen LogP contribution in [0.1, 0.15) is 27.9 Å². The lowest BCUT2D eigenvalue weighted by atomic mass is 10.00. The number of fused-ring (bicyclic) bond motifs is 1. The van der Waals surface area contributed by atoms with Crippen LogP contribution in [0.4, 0.5) is 0 Å². The molecule has 1 N–H and O–H groups in total. The van der Waals surface area contributed by atoms with Crippen molar-refractivity contribution in [1.29, 1.82) is 0 Å². The van der Waals surface area contributed by atoms with Crippen molar-refractivity contribution in [3.8, 4) is 5.75 Å². The summed E-state index contributed by atoms with van der Waals surface area (Å²) in [6, 6.07) is 3.39. The average molecular weight is 220 g/mol. The molecule has 1 aliphatic rings. The van der Waals surface area contributed by atoms with Crippen LogP contribution < -0.4 is 4.74 Å². The van der Waals surface area contributed by atoms with E-state index < -0.39 is 5.97 Å². The first-order chi connectivity index (χ1) is 7.63. The van der Waals surface area contributed by atoms with Gasteiger partial charge in [-0.1, -0.05) is 6.07 Å². The summed E-state index contributed by atoms with van der Waals surface area (Å²) in [6.45, 7) is 0. The van der Waals surface area contributed by atoms with Crippen LogP contribution in [0.15, 0.2) is 12.1 Å². The summed E-state index contributed by atoms with van der Waals surface area (Å²) < 4.78 is 5.12. The average Bonchev–Trinajstić information content (AvgIpc) is 2.62. The number of aliphatic carboxylic acids is 1. The van der Waals surface area contributed by atoms with Gasteiger partial charge in [0, 0.05) is 6.42 Å². The summed E-state index contributed by atoms with van der Waals surface area (Å²) in [5.41, 5.74) is 2.13. The van der Waals surface area contributed by atoms with E-state index in [1.165, 1.54) is 7.11 Å². The number of rotatable bonds is 3. The van der Waals surface area contributed by atoms with Crippen LogP contribution in [0, 0.1) is 0 Å². The van der Waals surface area contributed by atoms with Crippen LogP contribution in [0.5, 0.6) is 5.75 Å². The van der Waals surface area contributed by atoms with E-state index in [4.69, 9.17) is 9.84 Å². The Hall–Kier alpha value is -1.84. The van der Waals surface area contributed by atoms with Crippen molar-refractivity contribution >= 4 is 11.8 Å². The van der Waals surface area contributed by atoms with E-state index in [0.29, 0.717) is 29.7 Å². The molecule has 0 saturated heterocycles. The lowest BCUT2D eigenvalue weighted by Gasteiger charge is -2.09. The number of methoxy groups -OCH3 is 1. The Labute approximate surface area is 92.8 Å². The molecule has 1 aromatic carbocycles. The zero-order valence-electron chi connectivity index (χ0n) is 8.95. The molecule has 1 aromatic rings. The maximum atomic E-state index is 11.7. The summed E-state index contributed by atoms with van der Waals surface area (Å²) in [6.07, 6.45) is 1.02. The van der Waals surface area contributed by atoms with E-state index in [-0.39, 0.29) is 12.2 Å². The van der Waals surface area contributed by atoms with Crippen molar-refractivity contribution in [3.63, 3.8) is 0 Å². The maximum absolute atomic E-state index is 11.7. The van der Waals surface area contributed by atoms with E-state index >= 15 is 0 Å². The third-order valence-corrected chi connectivity index (χ3v) is 2.81. The van der Waals surface area contributed by atoms with Crippen molar-refractivity contribution in [3.05, 3.63) is 28.8 Å². The van der Waals surface area contributed by atoms with Crippen molar-refractivity contribution in [2.45, 2.75) is 19.3 Å². The van der Waals surface area contributed by atoms with E-state index in [0.717, 1.165) is 5.56 Å². The first kappa shape index (κ1) is 10.7. The number of carboxylic acids is 1. The topological polar surface area (TPSA) is 63.6 Å². The van der Waals surface area contributed by atoms with Crippen molar-refractivity contribution in [1.82, 2.24) is 0 Å². The molecule has 2 rings (SSSR count). The number of carboxylic acid groups (broad SMARTS) is 1. The van der Waals surface area contributed by atoms with Crippen LogP contribution in [-0.2, 0) is 17.6 Å². The number of hydrogen-bond donors (Lipinski definition) is 1. The molecular formula is C12H12O4. The Morgan fingerprint density at radius 3 is 2.81 bits per heavy atom. The number of ether oxygens (including phenoxy) is 1. The molecule has 4 nitrogen and oxygen atoms in total. The highest BCUT2D eigenvalue weighted by molar-refractivity contribution is 6.03. The predicted octanol–water partition coefficient (Wildman–Crippen LogP) is 1.45. The van der Waals surface area contributed by atoms with Crippen molar-refractivity contribution in [2.75, 3.05) is 7.11 Å². The normalized spacial score (nSPS) is 13.7. The van der Waals surface area contributed by atoms with Crippen LogP contribution in [0.2, 0.25) is 0 Å². The van der Waals surface area contributed by atoms with Gasteiger partial charge in [-0.25, -0.2) is 0 Å². The maximum Gasteiger partial charge on any atom is 0.307 e. The molecule has 0 atom stereocenters. The van der Waals surface area contributed by atoms with Gasteiger partial charge >= 0.3 is 5.97 Å². The van der Waals surface area contributed by atoms with Gasteiger partial charge in [-0.2, -0.15) is 0 Å². The number of carbonyl (C=O) groups is 2. The van der Waals surface area contributed by atoms with Gasteiger partial charge in [-0.15, -0.1) is 0 Å². The second-order valence-electron chi connectivity index (χ2n) is 3.77. The molecule has 0 heterocycles. The molecule has 0 aliphatic heterocycles. The van der Waals surface area contributed by atoms with E-state index in [9.17, 15) is 9.59 Å². The zero-order chi connectivity index (χ0) is 11.7. The lowest BCUT2D eigenvalue weighted by molar-refractivity contribution is -0.136. The number of benzene rings is 1. The Kier molecular flexibility index (Phi) is 2.64. The van der Waals surface area contributed by atoms with E-state index in [1.807, 2.05) is 0 Å². The van der Waals surface area contributed by atoms with Crippen LogP contribution in [-0.4, -0.2) is 24.0 Å². The molecule has 0 radical (unpaired) electrons. The molecule has 0 aromatic heterocycles. The molecule has 0 spiro atoms. The lowest BCUT2D eigenvalue weighted by Crippen LogP contribution is -2.05. The van der Waals surface area contributed by atoms with Crippen LogP contribution in [0.3, 0.4) is 0 Å². The van der Waals surface area contributed by atoms with Crippen LogP contribution in [0.25, 0.3) is 0 Å². The molecule has 0 saturated carbocycles. The van der Waals surface area contributed by atoms with Gasteiger partial charge in [0.15, 0.2) is 5.78 Å². The number of ketones is 1. The highest BCUT2D eigenvalue weighted by Crippen LogP contribution is 2.33. The minimum absolute atomic E-state index is 0.0408. The summed E-state index contributed by atoms with van der Waals surface area (Å²) >= 11 is 0. The molecule has 0 fully saturated rings. The fourth-order valence-corrected chi connectivity index (χ4v) is 2.12. The fourth-order valence-electron chi connectivity index (χ4n) is 2.12. The third-order valence-electron chi connectivity index (χ3n) is 2.81. The molecule has 4 heteroatoms. The van der Waals surface area contributed by atoms with Crippen molar-refractivity contribution in [2.24, 2.45) is 0 Å². The Balaban J connectivity index is 2.52. The largest absolute Gasteiger partial charge is 0.496 e. The Bertz CT molecular complexity index is 462. The first-order valence-electron chi connectivity index (χ1n) is 5.07. The summed E-state index contributed by atoms with van der Waals surface area (Å²) in [4.78, 5) is 22.3. The third kappa shape index (κ3) is 1.66. The minimum atomic E-state index is -0.883. The van der Waals surface area contributed by atoms with Gasteiger partial charge in [0.05, 0.1) is 19.1 Å². The second kappa shape index (κ2) is 3.96. The Morgan fingerprint density at radius 1 is 1.44 bits per heavy atom. The zero-order valence-corrected chi connectivity index (χ0v) is 8.95. The highest BCUT2D eigenvalue weighted by atomic mass is 16.5. The predicted molar refractivity (Wildman–Crippen MR) is 57.0 cm³/mol. The Morgan fingerprint density at radius 2 is 2.19 bits per heavy atom. The number of carbonyl (C=O) groups excluding carboxylic acids is 1. The molecule has 0 unspecified atom stereocenters. The van der Waals surface area contributed by atoms with Crippen LogP contribution >= 0.6 is 0 Å². The molecule has 16 heavy (non-hydrogen) atoms. The SMILES string of the molecule is COc1ccc(CC(=O)O)c2c1C(=O)CC2. The second-order valence-corrected chi connectivity index (χ2v) is 3.77. The summed E-state index contributed by atoms with van der Waals surface area (Å²) in [7, 11) is 1.51. The summed E-state index contributed by atoms with van der Waals surface area (Å²) in [5.74, 6) is -0.294. The quantitative estimate of drug-likeness (QED) is 0.837. The molecule has 1 aliphatic carbocycles. The fraction of sp³-hybridized carbons (Fsp3) is 0.333. The monoisotopic (exact) mass is 220 g/mol. The van der Waals surface area contributed by atoms with Gasteiger partial charge < -0.3 is 9.84 Å². The molecule has 84 valence electrons. The highest BCUT2D eigenvalue weighted by Gasteiger charge is 2.26. The van der Waals surface area contributed by atoms with E-state index in [2.05, 4.69) is 0 Å². The standard InChI is InChI=1S/C12H12O4/c1-16-10-5-2-7(6-11(14)15)8-3-4-9(13)12(8)10/h2,5H,3-4,6H2,1H3,(H,14,15). The first-order valence-corrected chi connectivity index (χ1v) is 5.07. The number of Topliss-reactive ketones (excluding diaryl/α,β-unsaturated/α-hetero) is 1. The summed E-state index contributed by atoms with van der Waals surface area (Å²) in [5, 5.41) is 8.77. The van der Waals surface area contributed by atoms with Crippen molar-refractivity contribution < 1.29 is 19.4 Å². The molecule has 0 bridgehead atoms. The molecular weight excluding hydrogens is 208 g/mol. The van der Waals surface area contributed by atoms with Gasteiger partial charge in [0.1, 0.15) is 5.75 Å². The van der Waals surface area contributed by atoms with Gasteiger partial charge in [-0.3, -0.25) is 9.59 Å². The van der Waals surface area contributed by atoms with Gasteiger partial charge in [0.2, 0.25) is 0 Å².